The minimum Gasteiger partial charge on any atom is -0.292 e. The highest BCUT2D eigenvalue weighted by Gasteiger charge is 2.61. The molecule has 37 heavy (non-hydrogen) atoms. The first kappa shape index (κ1) is 24.1. The summed E-state index contributed by atoms with van der Waals surface area (Å²) in [5, 5.41) is 7.61. The summed E-state index contributed by atoms with van der Waals surface area (Å²) >= 11 is 3.44. The summed E-state index contributed by atoms with van der Waals surface area (Å²) in [5.41, 5.74) is 9.44. The van der Waals surface area contributed by atoms with Crippen LogP contribution >= 0.6 is 23.5 Å². The molecule has 4 aromatic carbocycles. The molecule has 2 aliphatic heterocycles. The van der Waals surface area contributed by atoms with Crippen LogP contribution in [0.15, 0.2) is 102 Å². The molecule has 6 rings (SSSR count). The number of fused-ring (bicyclic) bond motifs is 2. The van der Waals surface area contributed by atoms with Crippen LogP contribution in [0.2, 0.25) is 0 Å². The van der Waals surface area contributed by atoms with E-state index in [9.17, 15) is 4.79 Å². The van der Waals surface area contributed by atoms with Gasteiger partial charge in [-0.25, -0.2) is 5.01 Å². The number of hydrazone groups is 1. The Morgan fingerprint density at radius 3 is 1.84 bits per heavy atom. The van der Waals surface area contributed by atoms with E-state index in [1.165, 1.54) is 33.4 Å². The predicted octanol–water partition coefficient (Wildman–Crippen LogP) is 7.92. The van der Waals surface area contributed by atoms with E-state index in [1.54, 1.807) is 18.7 Å². The summed E-state index contributed by atoms with van der Waals surface area (Å²) in [5.74, 6) is -0.0123. The van der Waals surface area contributed by atoms with E-state index in [4.69, 9.17) is 5.10 Å². The number of anilines is 1. The number of para-hydroxylation sites is 1. The quantitative estimate of drug-likeness (QED) is 0.274. The third-order valence-electron chi connectivity index (χ3n) is 7.20. The van der Waals surface area contributed by atoms with Gasteiger partial charge in [-0.1, -0.05) is 126 Å². The van der Waals surface area contributed by atoms with Crippen molar-refractivity contribution in [3.63, 3.8) is 0 Å². The first-order chi connectivity index (χ1) is 17.8. The molecular weight excluding hydrogens is 492 g/mol. The van der Waals surface area contributed by atoms with E-state index in [0.717, 1.165) is 11.3 Å². The van der Waals surface area contributed by atoms with E-state index >= 15 is 0 Å². The van der Waals surface area contributed by atoms with Crippen molar-refractivity contribution in [2.75, 3.05) is 5.01 Å². The highest BCUT2D eigenvalue weighted by atomic mass is 32.2. The van der Waals surface area contributed by atoms with E-state index < -0.39 is 8.95 Å². The lowest BCUT2D eigenvalue weighted by molar-refractivity contribution is -0.110. The number of thioether (sulfide) groups is 2. The van der Waals surface area contributed by atoms with Gasteiger partial charge in [-0.2, -0.15) is 5.10 Å². The number of aryl methyl sites for hydroxylation is 3. The van der Waals surface area contributed by atoms with E-state index in [-0.39, 0.29) is 5.78 Å². The number of Topliss-reactive ketones (excluding diaryl/α,β-unsaturated/α-hetero) is 1. The lowest BCUT2D eigenvalue weighted by atomic mass is 9.81. The fraction of sp³-hybridized carbons (Fsp3) is 0.188. The second-order valence-corrected chi connectivity index (χ2v) is 12.7. The molecule has 1 unspecified atom stereocenters. The maximum Gasteiger partial charge on any atom is 0.187 e. The van der Waals surface area contributed by atoms with Crippen LogP contribution in [0.1, 0.15) is 45.9 Å². The van der Waals surface area contributed by atoms with Crippen molar-refractivity contribution in [1.29, 1.82) is 0 Å². The minimum atomic E-state index is -0.639. The Hall–Kier alpha value is -3.28. The second-order valence-electron chi connectivity index (χ2n) is 9.80. The fourth-order valence-corrected chi connectivity index (χ4v) is 8.84. The molecule has 5 heteroatoms. The molecule has 184 valence electrons. The summed E-state index contributed by atoms with van der Waals surface area (Å²) in [7, 11) is 0. The van der Waals surface area contributed by atoms with Crippen LogP contribution < -0.4 is 5.01 Å². The summed E-state index contributed by atoms with van der Waals surface area (Å²) < 4.78 is -1.12. The Labute approximate surface area is 227 Å². The summed E-state index contributed by atoms with van der Waals surface area (Å²) in [6, 6.07) is 34.8. The van der Waals surface area contributed by atoms with Crippen molar-refractivity contribution < 1.29 is 4.79 Å². The monoisotopic (exact) mass is 520 g/mol. The van der Waals surface area contributed by atoms with Crippen molar-refractivity contribution in [2.24, 2.45) is 5.10 Å². The summed E-state index contributed by atoms with van der Waals surface area (Å²) in [6.45, 7) is 7.96. The number of ketones is 1. The summed E-state index contributed by atoms with van der Waals surface area (Å²) in [4.78, 5) is 12.7. The van der Waals surface area contributed by atoms with Gasteiger partial charge in [0.15, 0.2) is 15.0 Å². The molecule has 0 aliphatic carbocycles. The zero-order valence-electron chi connectivity index (χ0n) is 21.4. The zero-order valence-corrected chi connectivity index (χ0v) is 23.0. The van der Waals surface area contributed by atoms with Gasteiger partial charge in [0.25, 0.3) is 0 Å². The molecule has 1 spiro atoms. The largest absolute Gasteiger partial charge is 0.292 e. The van der Waals surface area contributed by atoms with Crippen molar-refractivity contribution >= 4 is 40.0 Å². The number of benzene rings is 4. The fourth-order valence-electron chi connectivity index (χ4n) is 5.30. The molecule has 2 aliphatic rings. The van der Waals surface area contributed by atoms with Gasteiger partial charge in [0.1, 0.15) is 0 Å². The molecule has 0 amide bonds. The molecule has 4 aromatic rings. The number of nitrogens with zero attached hydrogens (tertiary/aromatic N) is 2. The van der Waals surface area contributed by atoms with Gasteiger partial charge in [-0.05, 0) is 49.1 Å². The van der Waals surface area contributed by atoms with Gasteiger partial charge in [-0.3, -0.25) is 4.79 Å². The molecule has 0 saturated carbocycles. The average Bonchev–Trinajstić information content (AvgIpc) is 3.43. The third kappa shape index (κ3) is 3.67. The molecule has 3 nitrogen and oxygen atoms in total. The Balaban J connectivity index is 1.66. The molecule has 0 aromatic heterocycles. The minimum absolute atomic E-state index is 0.0123. The molecular formula is C32H28N2OS2. The number of carbonyl (C=O) groups is 1. The second kappa shape index (κ2) is 8.93. The van der Waals surface area contributed by atoms with Gasteiger partial charge < -0.3 is 0 Å². The van der Waals surface area contributed by atoms with Crippen LogP contribution in [0.3, 0.4) is 0 Å². The molecule has 0 fully saturated rings. The lowest BCUT2D eigenvalue weighted by Crippen LogP contribution is -2.34. The van der Waals surface area contributed by atoms with Crippen molar-refractivity contribution in [3.8, 4) is 0 Å². The van der Waals surface area contributed by atoms with Crippen molar-refractivity contribution in [3.05, 3.63) is 136 Å². The van der Waals surface area contributed by atoms with Crippen LogP contribution in [0.4, 0.5) is 5.69 Å². The van der Waals surface area contributed by atoms with Gasteiger partial charge in [0.05, 0.1) is 10.4 Å². The van der Waals surface area contributed by atoms with Crippen LogP contribution in [-0.2, 0) is 13.7 Å². The van der Waals surface area contributed by atoms with Crippen LogP contribution in [0.25, 0.3) is 0 Å². The molecule has 1 atom stereocenters. The maximum absolute atomic E-state index is 12.7. The molecule has 0 N–H and O–H groups in total. The van der Waals surface area contributed by atoms with Gasteiger partial charge in [-0.15, -0.1) is 0 Å². The number of hydrogen-bond donors (Lipinski definition) is 0. The SMILES string of the molecule is CC(=O)C1=NN(c2ccccc2C)C2(S1)SC(c1ccc(C)cc1)(c1ccc(C)cc1)c1ccccc12. The lowest BCUT2D eigenvalue weighted by Gasteiger charge is -2.37. The molecule has 0 saturated heterocycles. The number of hydrogen-bond acceptors (Lipinski definition) is 5. The van der Waals surface area contributed by atoms with Crippen molar-refractivity contribution in [2.45, 2.75) is 36.6 Å². The normalized spacial score (nSPS) is 19.7. The Bertz CT molecular complexity index is 1500. The van der Waals surface area contributed by atoms with Gasteiger partial charge in [0.2, 0.25) is 0 Å². The van der Waals surface area contributed by atoms with Crippen LogP contribution in [-0.4, -0.2) is 10.8 Å². The maximum atomic E-state index is 12.7. The van der Waals surface area contributed by atoms with E-state index in [2.05, 4.69) is 111 Å². The van der Waals surface area contributed by atoms with Gasteiger partial charge in [0, 0.05) is 12.5 Å². The number of carbonyl (C=O) groups excluding carboxylic acids is 1. The molecule has 0 radical (unpaired) electrons. The first-order valence-corrected chi connectivity index (χ1v) is 14.1. The molecule has 0 bridgehead atoms. The van der Waals surface area contributed by atoms with Crippen molar-refractivity contribution in [1.82, 2.24) is 0 Å². The standard InChI is InChI=1S/C32H28N2OS2/c1-21-13-17-25(18-14-21)31(26-19-15-22(2)16-20-26)27-10-6-7-11-28(27)32(37-31)34(33-30(36-32)24(4)35)29-12-8-5-9-23(29)3/h5-20H,1-4H3. The Morgan fingerprint density at radius 1 is 0.730 bits per heavy atom. The van der Waals surface area contributed by atoms with E-state index in [1.807, 2.05) is 23.9 Å². The zero-order chi connectivity index (χ0) is 25.8. The topological polar surface area (TPSA) is 32.7 Å². The van der Waals surface area contributed by atoms with Crippen LogP contribution in [0.5, 0.6) is 0 Å². The smallest absolute Gasteiger partial charge is 0.187 e. The van der Waals surface area contributed by atoms with Crippen LogP contribution in [0, 0.1) is 20.8 Å². The highest BCUT2D eigenvalue weighted by Crippen LogP contribution is 2.71. The van der Waals surface area contributed by atoms with E-state index in [0.29, 0.717) is 5.04 Å². The summed E-state index contributed by atoms with van der Waals surface area (Å²) in [6.07, 6.45) is 0. The predicted molar refractivity (Wildman–Crippen MR) is 157 cm³/mol. The number of rotatable bonds is 4. The molecule has 2 heterocycles. The third-order valence-corrected chi connectivity index (χ3v) is 10.6. The Morgan fingerprint density at radius 2 is 1.27 bits per heavy atom. The highest BCUT2D eigenvalue weighted by molar-refractivity contribution is 8.27. The first-order valence-electron chi connectivity index (χ1n) is 12.4. The van der Waals surface area contributed by atoms with Gasteiger partial charge >= 0.3 is 0 Å². The average molecular weight is 521 g/mol. The Kier molecular flexibility index (Phi) is 5.81.